The van der Waals surface area contributed by atoms with Gasteiger partial charge in [-0.05, 0) is 49.8 Å². The Morgan fingerprint density at radius 3 is 2.55 bits per heavy atom. The van der Waals surface area contributed by atoms with Crippen molar-refractivity contribution in [2.45, 2.75) is 38.3 Å². The fraction of sp³-hybridized carbons (Fsp3) is 0.556. The summed E-state index contributed by atoms with van der Waals surface area (Å²) in [6.45, 7) is 4.84. The van der Waals surface area contributed by atoms with Gasteiger partial charge in [-0.25, -0.2) is 4.79 Å². The highest BCUT2D eigenvalue weighted by atomic mass is 16.8. The average molecular weight is 406 g/mol. The van der Waals surface area contributed by atoms with Crippen molar-refractivity contribution in [2.75, 3.05) is 22.3 Å². The zero-order valence-electron chi connectivity index (χ0n) is 15.9. The molecule has 5 atom stereocenters. The molecule has 11 heteroatoms. The molecule has 0 radical (unpaired) electrons. The lowest BCUT2D eigenvalue weighted by Crippen LogP contribution is -2.42. The number of hydrogen-bond donors (Lipinski definition) is 3. The van der Waals surface area contributed by atoms with Gasteiger partial charge in [0.25, 0.3) is 5.91 Å². The normalized spacial score (nSPS) is 32.3. The van der Waals surface area contributed by atoms with E-state index in [2.05, 4.69) is 19.2 Å². The van der Waals surface area contributed by atoms with Gasteiger partial charge in [-0.3, -0.25) is 20.5 Å². The van der Waals surface area contributed by atoms with Crippen LogP contribution in [0.25, 0.3) is 0 Å². The molecular weight excluding hydrogens is 384 g/mol. The topological polar surface area (TPSA) is 152 Å². The molecule has 2 heterocycles. The van der Waals surface area contributed by atoms with Crippen LogP contribution in [0.5, 0.6) is 0 Å². The van der Waals surface area contributed by atoms with Crippen LogP contribution in [-0.4, -0.2) is 45.5 Å². The lowest BCUT2D eigenvalue weighted by molar-refractivity contribution is -0.136. The molecule has 4 rings (SSSR count). The summed E-state index contributed by atoms with van der Waals surface area (Å²) in [7, 11) is 0. The molecule has 1 aliphatic carbocycles. The third-order valence-electron chi connectivity index (χ3n) is 6.73. The second-order valence-corrected chi connectivity index (χ2v) is 8.18. The van der Waals surface area contributed by atoms with Gasteiger partial charge < -0.3 is 25.3 Å². The number of carbonyl (C=O) groups excluding carboxylic acids is 2. The maximum atomic E-state index is 12.9. The van der Waals surface area contributed by atoms with E-state index in [1.54, 1.807) is 0 Å². The van der Waals surface area contributed by atoms with Crippen LogP contribution in [0, 0.1) is 28.2 Å². The Balaban J connectivity index is 1.51. The Bertz CT molecular complexity index is 821. The Morgan fingerprint density at radius 2 is 1.90 bits per heavy atom. The van der Waals surface area contributed by atoms with Crippen molar-refractivity contribution in [3.8, 4) is 0 Å². The highest BCUT2D eigenvalue weighted by molar-refractivity contribution is 5.92. The second-order valence-electron chi connectivity index (χ2n) is 8.18. The summed E-state index contributed by atoms with van der Waals surface area (Å²) < 4.78 is 5.45. The fourth-order valence-corrected chi connectivity index (χ4v) is 5.49. The largest absolute Gasteiger partial charge is 0.769 e. The molecule has 2 aliphatic heterocycles. The first kappa shape index (κ1) is 19.7. The molecule has 3 fully saturated rings. The SMILES string of the molecule is CC1CN2C(=O)C(OC(=O)Nc3cc(N([O-])[O-])cc(N(O)O)c3)C3CCC1C32C. The highest BCUT2D eigenvalue weighted by Crippen LogP contribution is 2.58. The number of ether oxygens (including phenoxy) is 1. The molecule has 1 aromatic rings. The van der Waals surface area contributed by atoms with E-state index < -0.39 is 23.1 Å². The molecular formula is C18H22N4O7-2. The molecule has 11 nitrogen and oxygen atoms in total. The van der Waals surface area contributed by atoms with Crippen molar-refractivity contribution in [3.63, 3.8) is 0 Å². The first-order chi connectivity index (χ1) is 13.6. The van der Waals surface area contributed by atoms with Crippen LogP contribution < -0.4 is 15.8 Å². The van der Waals surface area contributed by atoms with Crippen LogP contribution in [-0.2, 0) is 9.53 Å². The van der Waals surface area contributed by atoms with Gasteiger partial charge in [-0.2, -0.15) is 0 Å². The average Bonchev–Trinajstić information content (AvgIpc) is 3.19. The van der Waals surface area contributed by atoms with Gasteiger partial charge in [0.15, 0.2) is 6.10 Å². The Morgan fingerprint density at radius 1 is 1.24 bits per heavy atom. The maximum absolute atomic E-state index is 12.9. The van der Waals surface area contributed by atoms with Gasteiger partial charge in [-0.1, -0.05) is 6.92 Å². The Labute approximate surface area is 166 Å². The molecule has 2 saturated heterocycles. The zero-order valence-corrected chi connectivity index (χ0v) is 15.9. The molecule has 0 spiro atoms. The summed E-state index contributed by atoms with van der Waals surface area (Å²) >= 11 is 0. The lowest BCUT2D eigenvalue weighted by Gasteiger charge is -2.38. The minimum absolute atomic E-state index is 0.0672. The molecule has 0 bridgehead atoms. The zero-order chi connectivity index (χ0) is 21.1. The monoisotopic (exact) mass is 406 g/mol. The smallest absolute Gasteiger partial charge is 0.412 e. The van der Waals surface area contributed by atoms with Crippen molar-refractivity contribution >= 4 is 29.1 Å². The summed E-state index contributed by atoms with van der Waals surface area (Å²) in [5.74, 6) is 0.486. The molecule has 2 amide bonds. The molecule has 1 aromatic carbocycles. The number of nitrogens with zero attached hydrogens (tertiary/aromatic N) is 3. The first-order valence-electron chi connectivity index (χ1n) is 9.39. The minimum Gasteiger partial charge on any atom is -0.769 e. The summed E-state index contributed by atoms with van der Waals surface area (Å²) in [5.41, 5.74) is -1.15. The summed E-state index contributed by atoms with van der Waals surface area (Å²) in [6.07, 6.45) is -0.0669. The van der Waals surface area contributed by atoms with Crippen LogP contribution in [0.15, 0.2) is 18.2 Å². The first-order valence-corrected chi connectivity index (χ1v) is 9.39. The van der Waals surface area contributed by atoms with E-state index in [4.69, 9.17) is 15.2 Å². The summed E-state index contributed by atoms with van der Waals surface area (Å²) in [6, 6.07) is 3.10. The number of benzene rings is 1. The maximum Gasteiger partial charge on any atom is 0.412 e. The van der Waals surface area contributed by atoms with E-state index in [0.717, 1.165) is 31.0 Å². The summed E-state index contributed by atoms with van der Waals surface area (Å²) in [4.78, 5) is 27.1. The molecule has 158 valence electrons. The molecule has 3 aliphatic rings. The van der Waals surface area contributed by atoms with Crippen LogP contribution in [0.1, 0.15) is 26.7 Å². The third kappa shape index (κ3) is 2.97. The second kappa shape index (κ2) is 6.73. The fourth-order valence-electron chi connectivity index (χ4n) is 5.49. The number of carbonyl (C=O) groups is 2. The van der Waals surface area contributed by atoms with Crippen molar-refractivity contribution in [1.29, 1.82) is 0 Å². The van der Waals surface area contributed by atoms with Gasteiger partial charge in [0, 0.05) is 23.8 Å². The van der Waals surface area contributed by atoms with Crippen molar-refractivity contribution in [3.05, 3.63) is 28.6 Å². The molecule has 1 saturated carbocycles. The van der Waals surface area contributed by atoms with E-state index in [1.807, 2.05) is 4.90 Å². The van der Waals surface area contributed by atoms with Gasteiger partial charge >= 0.3 is 6.09 Å². The van der Waals surface area contributed by atoms with Crippen molar-refractivity contribution in [1.82, 2.24) is 4.90 Å². The van der Waals surface area contributed by atoms with E-state index >= 15 is 0 Å². The van der Waals surface area contributed by atoms with Crippen LogP contribution in [0.2, 0.25) is 0 Å². The Hall–Kier alpha value is -2.60. The number of rotatable bonds is 4. The predicted molar refractivity (Wildman–Crippen MR) is 101 cm³/mol. The molecule has 5 unspecified atom stereocenters. The standard InChI is InChI=1S/C18H22N4O7/c1-9-8-20-16(23)15(14-4-3-13(9)18(14,20)2)29-17(24)19-10-5-11(21(25)26)7-12(6-10)22(27)28/h5-7,9,13-15,25-26H,3-4,8H2,1-2H3,(H,19,24)/q-2. The highest BCUT2D eigenvalue weighted by Gasteiger charge is 2.67. The molecule has 29 heavy (non-hydrogen) atoms. The van der Waals surface area contributed by atoms with Crippen LogP contribution >= 0.6 is 0 Å². The van der Waals surface area contributed by atoms with Crippen LogP contribution in [0.3, 0.4) is 0 Å². The van der Waals surface area contributed by atoms with Gasteiger partial charge in [0.1, 0.15) is 0 Å². The molecule has 0 aromatic heterocycles. The number of anilines is 3. The van der Waals surface area contributed by atoms with Gasteiger partial charge in [0.2, 0.25) is 0 Å². The predicted octanol–water partition coefficient (Wildman–Crippen LogP) is 2.27. The van der Waals surface area contributed by atoms with Crippen LogP contribution in [0.4, 0.5) is 21.9 Å². The van der Waals surface area contributed by atoms with E-state index in [9.17, 15) is 20.0 Å². The number of amides is 2. The third-order valence-corrected chi connectivity index (χ3v) is 6.73. The number of nitrogens with one attached hydrogen (secondary N) is 1. The number of hydrogen-bond acceptors (Lipinski definition) is 9. The van der Waals surface area contributed by atoms with Crippen molar-refractivity contribution < 1.29 is 24.7 Å². The molecule has 3 N–H and O–H groups in total. The van der Waals surface area contributed by atoms with E-state index in [0.29, 0.717) is 18.4 Å². The lowest BCUT2D eigenvalue weighted by atomic mass is 9.80. The van der Waals surface area contributed by atoms with Crippen molar-refractivity contribution in [2.24, 2.45) is 17.8 Å². The summed E-state index contributed by atoms with van der Waals surface area (Å²) in [5, 5.41) is 41.6. The van der Waals surface area contributed by atoms with Gasteiger partial charge in [-0.15, -0.1) is 5.23 Å². The van der Waals surface area contributed by atoms with E-state index in [-0.39, 0.29) is 34.0 Å². The minimum atomic E-state index is -0.932. The van der Waals surface area contributed by atoms with E-state index in [1.165, 1.54) is 0 Å². The van der Waals surface area contributed by atoms with Gasteiger partial charge in [0.05, 0.1) is 11.2 Å². The Kier molecular flexibility index (Phi) is 4.57. The quantitative estimate of drug-likeness (QED) is 0.639.